The van der Waals surface area contributed by atoms with Crippen LogP contribution >= 0.6 is 27.5 Å². The number of rotatable bonds is 4. The van der Waals surface area contributed by atoms with Crippen LogP contribution in [0.1, 0.15) is 26.2 Å². The summed E-state index contributed by atoms with van der Waals surface area (Å²) in [4.78, 5) is 12.6. The Morgan fingerprint density at radius 1 is 1.58 bits per heavy atom. The molecular weight excluding hydrogens is 328 g/mol. The molecule has 1 unspecified atom stereocenters. The maximum atomic E-state index is 12.6. The number of halogens is 2. The zero-order valence-electron chi connectivity index (χ0n) is 10.9. The van der Waals surface area contributed by atoms with E-state index in [0.717, 1.165) is 36.8 Å². The quantitative estimate of drug-likeness (QED) is 0.871. The number of hydrogen-bond acceptors (Lipinski definition) is 2. The van der Waals surface area contributed by atoms with Crippen LogP contribution < -0.4 is 10.6 Å². The molecule has 0 aliphatic carbocycles. The first-order valence-corrected chi connectivity index (χ1v) is 7.72. The number of carbonyl (C=O) groups is 1. The second-order valence-electron chi connectivity index (χ2n) is 5.04. The standard InChI is InChI=1S/C14H18BrClN2O/c1-2-5-14(6-7-17-9-14)13(19)18-12-8-10(15)3-4-11(12)16/h3-4,8,17H,2,5-7,9H2,1H3,(H,18,19). The van der Waals surface area contributed by atoms with Crippen LogP contribution in [0.25, 0.3) is 0 Å². The fourth-order valence-corrected chi connectivity index (χ4v) is 3.12. The van der Waals surface area contributed by atoms with Crippen LogP contribution in [0.4, 0.5) is 5.69 Å². The highest BCUT2D eigenvalue weighted by Crippen LogP contribution is 2.34. The molecule has 0 saturated carbocycles. The van der Waals surface area contributed by atoms with Crippen LogP contribution in [0.15, 0.2) is 22.7 Å². The van der Waals surface area contributed by atoms with Gasteiger partial charge in [0.25, 0.3) is 0 Å². The Kier molecular flexibility index (Phi) is 4.87. The molecule has 2 N–H and O–H groups in total. The summed E-state index contributed by atoms with van der Waals surface area (Å²) in [5, 5.41) is 6.83. The lowest BCUT2D eigenvalue weighted by molar-refractivity contribution is -0.125. The highest BCUT2D eigenvalue weighted by Gasteiger charge is 2.40. The van der Waals surface area contributed by atoms with Gasteiger partial charge in [-0.15, -0.1) is 0 Å². The molecule has 0 radical (unpaired) electrons. The minimum absolute atomic E-state index is 0.0688. The van der Waals surface area contributed by atoms with Crippen molar-refractivity contribution in [1.29, 1.82) is 0 Å². The molecule has 0 bridgehead atoms. The van der Waals surface area contributed by atoms with E-state index in [9.17, 15) is 4.79 Å². The van der Waals surface area contributed by atoms with Crippen LogP contribution in [0.2, 0.25) is 5.02 Å². The van der Waals surface area contributed by atoms with Gasteiger partial charge in [-0.2, -0.15) is 0 Å². The normalized spacial score (nSPS) is 22.5. The monoisotopic (exact) mass is 344 g/mol. The number of nitrogens with one attached hydrogen (secondary N) is 2. The third-order valence-corrected chi connectivity index (χ3v) is 4.45. The number of anilines is 1. The minimum atomic E-state index is -0.291. The summed E-state index contributed by atoms with van der Waals surface area (Å²) in [6.45, 7) is 3.76. The van der Waals surface area contributed by atoms with Crippen molar-refractivity contribution < 1.29 is 4.79 Å². The largest absolute Gasteiger partial charge is 0.324 e. The molecule has 2 rings (SSSR count). The van der Waals surface area contributed by atoms with Crippen molar-refractivity contribution >= 4 is 39.1 Å². The zero-order valence-corrected chi connectivity index (χ0v) is 13.3. The molecule has 1 aromatic rings. The van der Waals surface area contributed by atoms with E-state index in [4.69, 9.17) is 11.6 Å². The van der Waals surface area contributed by atoms with Crippen molar-refractivity contribution in [2.24, 2.45) is 5.41 Å². The molecule has 1 aliphatic heterocycles. The van der Waals surface area contributed by atoms with Gasteiger partial charge in [-0.05, 0) is 37.6 Å². The van der Waals surface area contributed by atoms with Crippen LogP contribution in [-0.2, 0) is 4.79 Å². The fourth-order valence-electron chi connectivity index (χ4n) is 2.59. The molecule has 3 nitrogen and oxygen atoms in total. The Hall–Kier alpha value is -0.580. The van der Waals surface area contributed by atoms with Gasteiger partial charge in [-0.25, -0.2) is 0 Å². The van der Waals surface area contributed by atoms with E-state index in [-0.39, 0.29) is 11.3 Å². The summed E-state index contributed by atoms with van der Waals surface area (Å²) in [7, 11) is 0. The van der Waals surface area contributed by atoms with Crippen molar-refractivity contribution in [3.8, 4) is 0 Å². The summed E-state index contributed by atoms with van der Waals surface area (Å²) >= 11 is 9.51. The average molecular weight is 346 g/mol. The molecule has 1 saturated heterocycles. The Morgan fingerprint density at radius 3 is 3.00 bits per heavy atom. The maximum absolute atomic E-state index is 12.6. The number of amides is 1. The first-order valence-electron chi connectivity index (χ1n) is 6.54. The van der Waals surface area contributed by atoms with E-state index < -0.39 is 0 Å². The minimum Gasteiger partial charge on any atom is -0.324 e. The lowest BCUT2D eigenvalue weighted by Crippen LogP contribution is -2.38. The zero-order chi connectivity index (χ0) is 13.9. The van der Waals surface area contributed by atoms with Crippen molar-refractivity contribution in [3.05, 3.63) is 27.7 Å². The highest BCUT2D eigenvalue weighted by molar-refractivity contribution is 9.10. The second kappa shape index (κ2) is 6.25. The molecule has 1 atom stereocenters. The summed E-state index contributed by atoms with van der Waals surface area (Å²) < 4.78 is 0.904. The topological polar surface area (TPSA) is 41.1 Å². The Bertz CT molecular complexity index is 473. The van der Waals surface area contributed by atoms with E-state index in [2.05, 4.69) is 33.5 Å². The van der Waals surface area contributed by atoms with E-state index >= 15 is 0 Å². The molecule has 104 valence electrons. The predicted molar refractivity (Wildman–Crippen MR) is 82.6 cm³/mol. The first-order chi connectivity index (χ1) is 9.07. The second-order valence-corrected chi connectivity index (χ2v) is 6.36. The SMILES string of the molecule is CCCC1(C(=O)Nc2cc(Br)ccc2Cl)CCNC1. The average Bonchev–Trinajstić information content (AvgIpc) is 2.84. The van der Waals surface area contributed by atoms with Crippen LogP contribution in [0, 0.1) is 5.41 Å². The molecule has 1 aromatic carbocycles. The number of hydrogen-bond donors (Lipinski definition) is 2. The lowest BCUT2D eigenvalue weighted by Gasteiger charge is -2.26. The molecular formula is C14H18BrClN2O. The van der Waals surface area contributed by atoms with Gasteiger partial charge in [0.15, 0.2) is 0 Å². The van der Waals surface area contributed by atoms with Gasteiger partial charge in [-0.3, -0.25) is 4.79 Å². The fraction of sp³-hybridized carbons (Fsp3) is 0.500. The third-order valence-electron chi connectivity index (χ3n) is 3.63. The molecule has 1 aliphatic rings. The maximum Gasteiger partial charge on any atom is 0.231 e. The van der Waals surface area contributed by atoms with Crippen molar-refractivity contribution in [1.82, 2.24) is 5.32 Å². The highest BCUT2D eigenvalue weighted by atomic mass is 79.9. The van der Waals surface area contributed by atoms with E-state index in [1.807, 2.05) is 12.1 Å². The van der Waals surface area contributed by atoms with Gasteiger partial charge in [0.2, 0.25) is 5.91 Å². The van der Waals surface area contributed by atoms with Gasteiger partial charge < -0.3 is 10.6 Å². The molecule has 1 amide bonds. The molecule has 0 aromatic heterocycles. The van der Waals surface area contributed by atoms with Crippen molar-refractivity contribution in [2.75, 3.05) is 18.4 Å². The molecule has 1 heterocycles. The smallest absolute Gasteiger partial charge is 0.231 e. The third kappa shape index (κ3) is 3.30. The van der Waals surface area contributed by atoms with Crippen molar-refractivity contribution in [3.63, 3.8) is 0 Å². The Morgan fingerprint density at radius 2 is 2.37 bits per heavy atom. The summed E-state index contributed by atoms with van der Waals surface area (Å²) in [5.41, 5.74) is 0.379. The van der Waals surface area contributed by atoms with Gasteiger partial charge in [-0.1, -0.05) is 40.9 Å². The summed E-state index contributed by atoms with van der Waals surface area (Å²) in [5.74, 6) is 0.0688. The Balaban J connectivity index is 2.17. The lowest BCUT2D eigenvalue weighted by atomic mass is 9.81. The molecule has 1 fully saturated rings. The van der Waals surface area contributed by atoms with Crippen molar-refractivity contribution in [2.45, 2.75) is 26.2 Å². The molecule has 0 spiro atoms. The van der Waals surface area contributed by atoms with E-state index in [1.165, 1.54) is 0 Å². The molecule has 19 heavy (non-hydrogen) atoms. The van der Waals surface area contributed by atoms with E-state index in [0.29, 0.717) is 10.7 Å². The predicted octanol–water partition coefficient (Wildman–Crippen LogP) is 3.82. The number of carbonyl (C=O) groups excluding carboxylic acids is 1. The van der Waals surface area contributed by atoms with Crippen LogP contribution in [0.5, 0.6) is 0 Å². The van der Waals surface area contributed by atoms with Gasteiger partial charge >= 0.3 is 0 Å². The summed E-state index contributed by atoms with van der Waals surface area (Å²) in [6.07, 6.45) is 2.79. The van der Waals surface area contributed by atoms with E-state index in [1.54, 1.807) is 6.07 Å². The summed E-state index contributed by atoms with van der Waals surface area (Å²) in [6, 6.07) is 5.47. The van der Waals surface area contributed by atoms with Gasteiger partial charge in [0.1, 0.15) is 0 Å². The van der Waals surface area contributed by atoms with Crippen LogP contribution in [-0.4, -0.2) is 19.0 Å². The molecule has 5 heteroatoms. The first kappa shape index (κ1) is 14.8. The van der Waals surface area contributed by atoms with Gasteiger partial charge in [0.05, 0.1) is 16.1 Å². The van der Waals surface area contributed by atoms with Gasteiger partial charge in [0, 0.05) is 11.0 Å². The van der Waals surface area contributed by atoms with Crippen LogP contribution in [0.3, 0.4) is 0 Å². The Labute approximate surface area is 127 Å². The number of benzene rings is 1.